The predicted molar refractivity (Wildman–Crippen MR) is 82.9 cm³/mol. The summed E-state index contributed by atoms with van der Waals surface area (Å²) in [7, 11) is 1.77. The van der Waals surface area contributed by atoms with Gasteiger partial charge >= 0.3 is 0 Å². The summed E-state index contributed by atoms with van der Waals surface area (Å²) in [5.41, 5.74) is 3.36. The van der Waals surface area contributed by atoms with Crippen LogP contribution in [0.3, 0.4) is 0 Å². The molecule has 2 rings (SSSR count). The van der Waals surface area contributed by atoms with E-state index in [1.165, 1.54) is 0 Å². The minimum Gasteiger partial charge on any atom is -0.342 e. The Morgan fingerprint density at radius 3 is 2.47 bits per heavy atom. The summed E-state index contributed by atoms with van der Waals surface area (Å²) in [5.74, 6) is 0. The molecule has 0 radical (unpaired) electrons. The average Bonchev–Trinajstić information content (AvgIpc) is 2.43. The predicted octanol–water partition coefficient (Wildman–Crippen LogP) is 2.79. The Bertz CT molecular complexity index is 675. The molecular weight excluding hydrogens is 256 g/mol. The highest BCUT2D eigenvalue weighted by atomic mass is 32.1. The van der Waals surface area contributed by atoms with Gasteiger partial charge in [0.15, 0.2) is 0 Å². The van der Waals surface area contributed by atoms with Crippen LogP contribution in [0.25, 0.3) is 0 Å². The lowest BCUT2D eigenvalue weighted by molar-refractivity contribution is 0.812. The van der Waals surface area contributed by atoms with Gasteiger partial charge in [-0.1, -0.05) is 42.5 Å². The smallest absolute Gasteiger partial charge is 0.274 e. The molecular formula is C15H16N2OS. The van der Waals surface area contributed by atoms with Crippen molar-refractivity contribution < 1.29 is 0 Å². The van der Waals surface area contributed by atoms with E-state index in [1.54, 1.807) is 11.6 Å². The van der Waals surface area contributed by atoms with E-state index < -0.39 is 0 Å². The van der Waals surface area contributed by atoms with Crippen LogP contribution in [0.15, 0.2) is 41.2 Å². The molecule has 4 heteroatoms. The van der Waals surface area contributed by atoms with Crippen LogP contribution >= 0.6 is 12.2 Å². The lowest BCUT2D eigenvalue weighted by Crippen LogP contribution is -2.25. The molecule has 1 N–H and O–H groups in total. The Balaban J connectivity index is 2.35. The molecule has 1 aromatic heterocycles. The third-order valence-electron chi connectivity index (χ3n) is 3.25. The minimum absolute atomic E-state index is 0.0682. The van der Waals surface area contributed by atoms with Crippen molar-refractivity contribution in [1.82, 2.24) is 4.57 Å². The molecule has 0 aliphatic heterocycles. The highest BCUT2D eigenvalue weighted by Crippen LogP contribution is 2.11. The second-order valence-corrected chi connectivity index (χ2v) is 4.92. The van der Waals surface area contributed by atoms with Gasteiger partial charge in [0.1, 0.15) is 10.7 Å². The molecule has 0 fully saturated rings. The fraction of sp³-hybridized carbons (Fsp3) is 0.200. The molecule has 0 spiro atoms. The van der Waals surface area contributed by atoms with E-state index in [-0.39, 0.29) is 5.56 Å². The first-order valence-electron chi connectivity index (χ1n) is 6.04. The van der Waals surface area contributed by atoms with Crippen LogP contribution in [0.2, 0.25) is 0 Å². The zero-order valence-corrected chi connectivity index (χ0v) is 12.0. The summed E-state index contributed by atoms with van der Waals surface area (Å²) >= 11 is 5.32. The highest BCUT2D eigenvalue weighted by molar-refractivity contribution is 7.81. The topological polar surface area (TPSA) is 34.0 Å². The summed E-state index contributed by atoms with van der Waals surface area (Å²) in [4.78, 5) is 12.7. The Morgan fingerprint density at radius 1 is 1.21 bits per heavy atom. The first-order chi connectivity index (χ1) is 9.00. The summed E-state index contributed by atoms with van der Waals surface area (Å²) in [6, 6.07) is 11.4. The molecule has 2 aromatic rings. The van der Waals surface area contributed by atoms with E-state index in [0.29, 0.717) is 10.7 Å². The highest BCUT2D eigenvalue weighted by Gasteiger charge is 2.09. The van der Waals surface area contributed by atoms with Crippen molar-refractivity contribution in [3.05, 3.63) is 63.6 Å². The lowest BCUT2D eigenvalue weighted by atomic mass is 10.2. The summed E-state index contributed by atoms with van der Waals surface area (Å²) in [6.45, 7) is 3.90. The van der Waals surface area contributed by atoms with Gasteiger partial charge in [-0.2, -0.15) is 0 Å². The first-order valence-corrected chi connectivity index (χ1v) is 6.45. The Kier molecular flexibility index (Phi) is 3.81. The number of hydrogen-bond donors (Lipinski definition) is 1. The number of rotatable bonds is 2. The van der Waals surface area contributed by atoms with Gasteiger partial charge in [0.25, 0.3) is 5.56 Å². The van der Waals surface area contributed by atoms with Crippen molar-refractivity contribution >= 4 is 22.9 Å². The molecule has 19 heavy (non-hydrogen) atoms. The number of nitrogens with one attached hydrogen (secondary N) is 1. The summed E-state index contributed by atoms with van der Waals surface area (Å²) < 4.78 is 1.63. The van der Waals surface area contributed by atoms with Gasteiger partial charge < -0.3 is 9.88 Å². The lowest BCUT2D eigenvalue weighted by Gasteiger charge is -2.12. The minimum atomic E-state index is -0.0682. The second-order valence-electron chi connectivity index (χ2n) is 4.51. The molecule has 1 aromatic carbocycles. The van der Waals surface area contributed by atoms with E-state index in [4.69, 9.17) is 12.2 Å². The number of aromatic nitrogens is 1. The van der Waals surface area contributed by atoms with Gasteiger partial charge in [-0.05, 0) is 25.5 Å². The molecule has 0 amide bonds. The van der Waals surface area contributed by atoms with E-state index >= 15 is 0 Å². The number of benzene rings is 1. The first kappa shape index (κ1) is 13.5. The van der Waals surface area contributed by atoms with Crippen LogP contribution in [0.4, 0.5) is 5.69 Å². The molecule has 0 aliphatic rings. The van der Waals surface area contributed by atoms with Crippen LogP contribution in [-0.2, 0) is 7.05 Å². The van der Waals surface area contributed by atoms with Crippen molar-refractivity contribution in [3.8, 4) is 0 Å². The quantitative estimate of drug-likeness (QED) is 0.854. The molecule has 98 valence electrons. The summed E-state index contributed by atoms with van der Waals surface area (Å²) in [6.07, 6.45) is 0. The van der Waals surface area contributed by atoms with E-state index in [1.807, 2.05) is 50.2 Å². The normalized spacial score (nSPS) is 10.3. The molecule has 0 unspecified atom stereocenters. The second kappa shape index (κ2) is 5.36. The maximum Gasteiger partial charge on any atom is 0.274 e. The molecule has 0 saturated carbocycles. The number of aryl methyl sites for hydroxylation is 1. The van der Waals surface area contributed by atoms with E-state index in [9.17, 15) is 4.79 Å². The molecule has 3 nitrogen and oxygen atoms in total. The van der Waals surface area contributed by atoms with Gasteiger partial charge in [-0.3, -0.25) is 4.79 Å². The van der Waals surface area contributed by atoms with Crippen LogP contribution < -0.4 is 10.9 Å². The third-order valence-corrected chi connectivity index (χ3v) is 3.59. The molecule has 1 heterocycles. The largest absolute Gasteiger partial charge is 0.342 e. The van der Waals surface area contributed by atoms with Crippen molar-refractivity contribution in [2.45, 2.75) is 13.8 Å². The van der Waals surface area contributed by atoms with Crippen molar-refractivity contribution in [2.24, 2.45) is 7.05 Å². The van der Waals surface area contributed by atoms with Crippen LogP contribution in [-0.4, -0.2) is 9.56 Å². The maximum absolute atomic E-state index is 12.1. The number of pyridine rings is 1. The molecule has 0 bridgehead atoms. The van der Waals surface area contributed by atoms with E-state index in [0.717, 1.165) is 16.8 Å². The van der Waals surface area contributed by atoms with Gasteiger partial charge in [0.2, 0.25) is 0 Å². The summed E-state index contributed by atoms with van der Waals surface area (Å²) in [5, 5.41) is 3.03. The number of hydrogen-bond acceptors (Lipinski definition) is 2. The molecule has 0 aliphatic carbocycles. The number of thiocarbonyl (C=S) groups is 1. The fourth-order valence-corrected chi connectivity index (χ4v) is 2.10. The third kappa shape index (κ3) is 2.74. The fourth-order valence-electron chi connectivity index (χ4n) is 1.85. The number of anilines is 1. The van der Waals surface area contributed by atoms with E-state index in [2.05, 4.69) is 5.32 Å². The van der Waals surface area contributed by atoms with Crippen molar-refractivity contribution in [2.75, 3.05) is 5.32 Å². The van der Waals surface area contributed by atoms with Gasteiger partial charge in [-0.15, -0.1) is 0 Å². The number of nitrogens with zero attached hydrogens (tertiary/aromatic N) is 1. The standard InChI is InChI=1S/C15H16N2OS/c1-10-9-13(15(18)17(3)11(10)2)16-14(19)12-7-5-4-6-8-12/h4-9H,1-3H3,(H,16,19). The Labute approximate surface area is 117 Å². The van der Waals surface area contributed by atoms with Crippen LogP contribution in [0, 0.1) is 13.8 Å². The Morgan fingerprint density at radius 2 is 1.84 bits per heavy atom. The zero-order chi connectivity index (χ0) is 14.0. The van der Waals surface area contributed by atoms with Crippen molar-refractivity contribution in [3.63, 3.8) is 0 Å². The van der Waals surface area contributed by atoms with Gasteiger partial charge in [0.05, 0.1) is 0 Å². The van der Waals surface area contributed by atoms with Gasteiger partial charge in [-0.25, -0.2) is 0 Å². The molecule has 0 saturated heterocycles. The van der Waals surface area contributed by atoms with Gasteiger partial charge in [0, 0.05) is 18.3 Å². The zero-order valence-electron chi connectivity index (χ0n) is 11.2. The monoisotopic (exact) mass is 272 g/mol. The van der Waals surface area contributed by atoms with Crippen LogP contribution in [0.5, 0.6) is 0 Å². The molecule has 0 atom stereocenters. The van der Waals surface area contributed by atoms with Crippen molar-refractivity contribution in [1.29, 1.82) is 0 Å². The maximum atomic E-state index is 12.1. The Hall–Kier alpha value is -1.94. The average molecular weight is 272 g/mol. The SMILES string of the molecule is Cc1cc(NC(=S)c2ccccc2)c(=O)n(C)c1C. The van der Waals surface area contributed by atoms with Crippen LogP contribution in [0.1, 0.15) is 16.8 Å².